The highest BCUT2D eigenvalue weighted by Crippen LogP contribution is 2.28. The molecule has 10 heteroatoms. The van der Waals surface area contributed by atoms with Crippen LogP contribution in [0.5, 0.6) is 0 Å². The number of anilines is 1. The molecule has 0 unspecified atom stereocenters. The van der Waals surface area contributed by atoms with Gasteiger partial charge >= 0.3 is 6.03 Å². The summed E-state index contributed by atoms with van der Waals surface area (Å²) >= 11 is 7.39. The maximum absolute atomic E-state index is 13.0. The fourth-order valence-electron chi connectivity index (χ4n) is 3.65. The van der Waals surface area contributed by atoms with E-state index in [1.165, 1.54) is 11.3 Å². The molecule has 162 valence electrons. The Bertz CT molecular complexity index is 742. The third-order valence-corrected chi connectivity index (χ3v) is 6.75. The molecule has 0 radical (unpaired) electrons. The first-order valence-electron chi connectivity index (χ1n) is 10.2. The van der Waals surface area contributed by atoms with Crippen LogP contribution in [0.1, 0.15) is 33.4 Å². The monoisotopic (exact) mass is 442 g/mol. The third-order valence-electron chi connectivity index (χ3n) is 5.50. The predicted octanol–water partition coefficient (Wildman–Crippen LogP) is 2.11. The Labute approximate surface area is 181 Å². The zero-order valence-electron chi connectivity index (χ0n) is 17.6. The van der Waals surface area contributed by atoms with Crippen molar-refractivity contribution in [3.63, 3.8) is 0 Å². The van der Waals surface area contributed by atoms with Crippen LogP contribution in [0.4, 0.5) is 9.93 Å². The second-order valence-corrected chi connectivity index (χ2v) is 10.1. The Morgan fingerprint density at radius 3 is 2.45 bits per heavy atom. The molecule has 0 saturated carbocycles. The van der Waals surface area contributed by atoms with E-state index < -0.39 is 0 Å². The first-order chi connectivity index (χ1) is 13.7. The second-order valence-electron chi connectivity index (χ2n) is 8.46. The average Bonchev–Trinajstić information content (AvgIpc) is 3.06. The molecule has 1 aromatic heterocycles. The summed E-state index contributed by atoms with van der Waals surface area (Å²) < 4.78 is 0.613. The molecule has 0 aliphatic carbocycles. The van der Waals surface area contributed by atoms with Crippen molar-refractivity contribution in [2.75, 3.05) is 51.1 Å². The maximum atomic E-state index is 13.0. The van der Waals surface area contributed by atoms with Gasteiger partial charge in [-0.2, -0.15) is 0 Å². The first-order valence-corrected chi connectivity index (χ1v) is 11.4. The largest absolute Gasteiger partial charge is 0.338 e. The lowest BCUT2D eigenvalue weighted by Crippen LogP contribution is -2.63. The molecular formula is C19H31ClN6O2S. The molecule has 29 heavy (non-hydrogen) atoms. The number of hydrogen-bond acceptors (Lipinski definition) is 6. The van der Waals surface area contributed by atoms with Gasteiger partial charge in [-0.1, -0.05) is 29.9 Å². The number of amides is 3. The van der Waals surface area contributed by atoms with Crippen molar-refractivity contribution in [1.29, 1.82) is 0 Å². The summed E-state index contributed by atoms with van der Waals surface area (Å²) in [6.45, 7) is 13.1. The Kier molecular flexibility index (Phi) is 7.03. The van der Waals surface area contributed by atoms with Gasteiger partial charge in [-0.05, 0) is 27.2 Å². The minimum Gasteiger partial charge on any atom is -0.338 e. The van der Waals surface area contributed by atoms with Crippen LogP contribution in [0.15, 0.2) is 0 Å². The highest BCUT2D eigenvalue weighted by molar-refractivity contribution is 7.19. The zero-order valence-corrected chi connectivity index (χ0v) is 19.2. The minimum absolute atomic E-state index is 0.0494. The van der Waals surface area contributed by atoms with Crippen molar-refractivity contribution in [1.82, 2.24) is 25.0 Å². The van der Waals surface area contributed by atoms with E-state index in [0.29, 0.717) is 42.2 Å². The summed E-state index contributed by atoms with van der Waals surface area (Å²) in [6, 6.07) is -0.381. The molecule has 2 saturated heterocycles. The van der Waals surface area contributed by atoms with Crippen LogP contribution >= 0.6 is 22.9 Å². The van der Waals surface area contributed by atoms with Crippen molar-refractivity contribution in [3.8, 4) is 0 Å². The van der Waals surface area contributed by atoms with Gasteiger partial charge in [0.05, 0.1) is 11.7 Å². The molecule has 2 fully saturated rings. The molecular weight excluding hydrogens is 412 g/mol. The molecule has 2 aliphatic rings. The fourth-order valence-corrected chi connectivity index (χ4v) is 4.82. The molecule has 1 atom stereocenters. The molecule has 0 spiro atoms. The first kappa shape index (κ1) is 22.3. The van der Waals surface area contributed by atoms with Gasteiger partial charge in [-0.15, -0.1) is 0 Å². The Morgan fingerprint density at radius 1 is 1.21 bits per heavy atom. The van der Waals surface area contributed by atoms with Crippen LogP contribution < -0.4 is 10.6 Å². The van der Waals surface area contributed by atoms with E-state index in [0.717, 1.165) is 25.2 Å². The van der Waals surface area contributed by atoms with Crippen molar-refractivity contribution in [2.45, 2.75) is 45.7 Å². The summed E-state index contributed by atoms with van der Waals surface area (Å²) in [6.07, 6.45) is 0.730. The summed E-state index contributed by atoms with van der Waals surface area (Å²) in [7, 11) is 0. The lowest BCUT2D eigenvalue weighted by molar-refractivity contribution is -0.136. The normalized spacial score (nSPS) is 21.3. The lowest BCUT2D eigenvalue weighted by atomic mass is 10.0. The van der Waals surface area contributed by atoms with Crippen LogP contribution in [-0.4, -0.2) is 89.0 Å². The number of urea groups is 1. The van der Waals surface area contributed by atoms with E-state index in [-0.39, 0.29) is 23.5 Å². The van der Waals surface area contributed by atoms with Gasteiger partial charge in [0.2, 0.25) is 5.91 Å². The van der Waals surface area contributed by atoms with Gasteiger partial charge in [0.15, 0.2) is 5.13 Å². The van der Waals surface area contributed by atoms with Crippen LogP contribution in [0.2, 0.25) is 4.34 Å². The van der Waals surface area contributed by atoms with Gasteiger partial charge in [0.25, 0.3) is 0 Å². The van der Waals surface area contributed by atoms with Crippen LogP contribution in [-0.2, 0) is 11.2 Å². The Balaban J connectivity index is 1.50. The van der Waals surface area contributed by atoms with Crippen molar-refractivity contribution < 1.29 is 9.59 Å². The highest BCUT2D eigenvalue weighted by Gasteiger charge is 2.34. The molecule has 2 N–H and O–H groups in total. The summed E-state index contributed by atoms with van der Waals surface area (Å²) in [5.41, 5.74) is 0.847. The summed E-state index contributed by atoms with van der Waals surface area (Å²) in [5, 5.41) is 6.69. The van der Waals surface area contributed by atoms with Crippen LogP contribution in [0.3, 0.4) is 0 Å². The highest BCUT2D eigenvalue weighted by atomic mass is 35.5. The topological polar surface area (TPSA) is 80.8 Å². The standard InChI is InChI=1S/C19H31ClN6O2S/c1-5-13-15(20)29-17(22-13)23-18(28)25-10-8-24(9-11-25)16(27)14-12-26(7-6-21-14)19(2,3)4/h14,21H,5-12H2,1-4H3,(H,22,23,28)/t14-/m1/s1. The van der Waals surface area contributed by atoms with Gasteiger partial charge in [0, 0.05) is 51.4 Å². The van der Waals surface area contributed by atoms with E-state index in [2.05, 4.69) is 41.3 Å². The maximum Gasteiger partial charge on any atom is 0.323 e. The average molecular weight is 443 g/mol. The van der Waals surface area contributed by atoms with Crippen LogP contribution in [0.25, 0.3) is 0 Å². The van der Waals surface area contributed by atoms with E-state index in [9.17, 15) is 9.59 Å². The number of nitrogens with zero attached hydrogens (tertiary/aromatic N) is 4. The molecule has 2 aliphatic heterocycles. The predicted molar refractivity (Wildman–Crippen MR) is 117 cm³/mol. The lowest BCUT2D eigenvalue weighted by Gasteiger charge is -2.43. The number of aryl methyl sites for hydroxylation is 1. The number of piperazine rings is 2. The Hall–Kier alpha value is -1.42. The van der Waals surface area contributed by atoms with Gasteiger partial charge < -0.3 is 15.1 Å². The number of aromatic nitrogens is 1. The third kappa shape index (κ3) is 5.39. The fraction of sp³-hybridized carbons (Fsp3) is 0.737. The van der Waals surface area contributed by atoms with E-state index in [4.69, 9.17) is 11.6 Å². The number of thiazole rings is 1. The van der Waals surface area contributed by atoms with E-state index in [1.54, 1.807) is 4.90 Å². The SMILES string of the molecule is CCc1nc(NC(=O)N2CCN(C(=O)[C@H]3CN(C(C)(C)C)CCN3)CC2)sc1Cl. The summed E-state index contributed by atoms with van der Waals surface area (Å²) in [5.74, 6) is 0.123. The van der Waals surface area contributed by atoms with Crippen LogP contribution in [0, 0.1) is 0 Å². The number of halogens is 1. The molecule has 1 aromatic rings. The Morgan fingerprint density at radius 2 is 1.86 bits per heavy atom. The molecule has 0 bridgehead atoms. The van der Waals surface area contributed by atoms with E-state index in [1.807, 2.05) is 11.8 Å². The number of hydrogen-bond donors (Lipinski definition) is 2. The quantitative estimate of drug-likeness (QED) is 0.749. The minimum atomic E-state index is -0.195. The van der Waals surface area contributed by atoms with Gasteiger partial charge in [-0.25, -0.2) is 9.78 Å². The van der Waals surface area contributed by atoms with E-state index >= 15 is 0 Å². The zero-order chi connectivity index (χ0) is 21.2. The van der Waals surface area contributed by atoms with Gasteiger partial charge in [0.1, 0.15) is 4.34 Å². The number of rotatable bonds is 3. The van der Waals surface area contributed by atoms with Crippen molar-refractivity contribution in [2.24, 2.45) is 0 Å². The molecule has 8 nitrogen and oxygen atoms in total. The molecule has 3 amide bonds. The second kappa shape index (κ2) is 9.16. The van der Waals surface area contributed by atoms with Crippen molar-refractivity contribution in [3.05, 3.63) is 10.0 Å². The van der Waals surface area contributed by atoms with Crippen molar-refractivity contribution >= 4 is 40.0 Å². The van der Waals surface area contributed by atoms with Gasteiger partial charge in [-0.3, -0.25) is 15.0 Å². The molecule has 3 rings (SSSR count). The number of nitrogens with one attached hydrogen (secondary N) is 2. The molecule has 3 heterocycles. The number of carbonyl (C=O) groups excluding carboxylic acids is 2. The number of carbonyl (C=O) groups is 2. The molecule has 0 aromatic carbocycles. The smallest absolute Gasteiger partial charge is 0.323 e. The summed E-state index contributed by atoms with van der Waals surface area (Å²) in [4.78, 5) is 35.8.